The Morgan fingerprint density at radius 1 is 0.659 bits per heavy atom. The quantitative estimate of drug-likeness (QED) is 0.0873. The van der Waals surface area contributed by atoms with Gasteiger partial charge in [0.2, 0.25) is 5.88 Å². The number of ether oxygens (including phenoxy) is 4. The molecule has 220 valence electrons. The van der Waals surface area contributed by atoms with Crippen molar-refractivity contribution in [2.24, 2.45) is 0 Å². The molecular weight excluding hydrogens is 518 g/mol. The average Bonchev–Trinajstić information content (AvgIpc) is 2.99. The molecule has 2 aromatic carbocycles. The molecule has 0 aliphatic heterocycles. The summed E-state index contributed by atoms with van der Waals surface area (Å²) >= 11 is 0. The van der Waals surface area contributed by atoms with Crippen molar-refractivity contribution >= 4 is 11.9 Å². The van der Waals surface area contributed by atoms with Crippen molar-refractivity contribution in [1.82, 2.24) is 4.98 Å². The van der Waals surface area contributed by atoms with Gasteiger partial charge in [-0.2, -0.15) is 0 Å². The van der Waals surface area contributed by atoms with E-state index in [4.69, 9.17) is 18.9 Å². The fourth-order valence-corrected chi connectivity index (χ4v) is 4.20. The van der Waals surface area contributed by atoms with Gasteiger partial charge >= 0.3 is 11.9 Å². The molecule has 0 saturated heterocycles. The van der Waals surface area contributed by atoms with Gasteiger partial charge in [-0.15, -0.1) is 0 Å². The zero-order chi connectivity index (χ0) is 29.3. The van der Waals surface area contributed by atoms with E-state index in [0.717, 1.165) is 31.4 Å². The third-order valence-electron chi connectivity index (χ3n) is 6.61. The lowest BCUT2D eigenvalue weighted by Crippen LogP contribution is -2.12. The highest BCUT2D eigenvalue weighted by molar-refractivity contribution is 5.92. The molecule has 0 fully saturated rings. The zero-order valence-electron chi connectivity index (χ0n) is 24.6. The molecular formula is C34H43NO6. The van der Waals surface area contributed by atoms with Gasteiger partial charge in [0, 0.05) is 12.3 Å². The van der Waals surface area contributed by atoms with E-state index in [9.17, 15) is 9.59 Å². The van der Waals surface area contributed by atoms with Crippen LogP contribution in [0.1, 0.15) is 106 Å². The molecule has 0 bridgehead atoms. The summed E-state index contributed by atoms with van der Waals surface area (Å²) in [6.07, 6.45) is 13.2. The maximum atomic E-state index is 12.6. The van der Waals surface area contributed by atoms with Crippen LogP contribution in [-0.2, 0) is 0 Å². The first kappa shape index (κ1) is 31.7. The highest BCUT2D eigenvalue weighted by atomic mass is 16.5. The minimum Gasteiger partial charge on any atom is -0.491 e. The molecule has 0 aliphatic carbocycles. The van der Waals surface area contributed by atoms with E-state index in [1.165, 1.54) is 44.7 Å². The minimum absolute atomic E-state index is 0.132. The first-order chi connectivity index (χ1) is 20.0. The molecule has 0 radical (unpaired) electrons. The maximum Gasteiger partial charge on any atom is 0.345 e. The van der Waals surface area contributed by atoms with Crippen LogP contribution in [0.5, 0.6) is 23.1 Å². The van der Waals surface area contributed by atoms with E-state index < -0.39 is 11.9 Å². The number of pyridine rings is 1. The Bertz CT molecular complexity index is 1180. The Balaban J connectivity index is 1.42. The van der Waals surface area contributed by atoms with Crippen LogP contribution in [0.4, 0.5) is 0 Å². The molecule has 1 heterocycles. The second-order valence-corrected chi connectivity index (χ2v) is 10.2. The highest BCUT2D eigenvalue weighted by Crippen LogP contribution is 2.22. The van der Waals surface area contributed by atoms with Gasteiger partial charge in [0.15, 0.2) is 0 Å². The van der Waals surface area contributed by atoms with E-state index >= 15 is 0 Å². The third-order valence-corrected chi connectivity index (χ3v) is 6.61. The summed E-state index contributed by atoms with van der Waals surface area (Å²) in [6.45, 7) is 7.06. The molecule has 41 heavy (non-hydrogen) atoms. The number of rotatable bonds is 18. The van der Waals surface area contributed by atoms with Crippen molar-refractivity contribution in [3.63, 3.8) is 0 Å². The van der Waals surface area contributed by atoms with Crippen molar-refractivity contribution in [3.8, 4) is 23.1 Å². The molecule has 3 rings (SSSR count). The van der Waals surface area contributed by atoms with E-state index in [1.807, 2.05) is 0 Å². The van der Waals surface area contributed by atoms with E-state index in [0.29, 0.717) is 35.1 Å². The molecule has 7 heteroatoms. The van der Waals surface area contributed by atoms with Crippen LogP contribution in [0.25, 0.3) is 0 Å². The predicted octanol–water partition coefficient (Wildman–Crippen LogP) is 8.61. The van der Waals surface area contributed by atoms with E-state index in [-0.39, 0.29) is 6.10 Å². The van der Waals surface area contributed by atoms with Gasteiger partial charge in [0.05, 0.1) is 23.8 Å². The normalized spacial score (nSPS) is 11.5. The van der Waals surface area contributed by atoms with Crippen LogP contribution in [0.2, 0.25) is 0 Å². The predicted molar refractivity (Wildman–Crippen MR) is 160 cm³/mol. The van der Waals surface area contributed by atoms with Gasteiger partial charge in [0.1, 0.15) is 17.2 Å². The summed E-state index contributed by atoms with van der Waals surface area (Å²) in [5.74, 6) is 0.903. The first-order valence-electron chi connectivity index (χ1n) is 14.9. The minimum atomic E-state index is -0.545. The molecule has 0 saturated carbocycles. The molecule has 0 unspecified atom stereocenters. The monoisotopic (exact) mass is 561 g/mol. The fraction of sp³-hybridized carbons (Fsp3) is 0.441. The lowest BCUT2D eigenvalue weighted by Gasteiger charge is -2.15. The number of hydrogen-bond acceptors (Lipinski definition) is 7. The van der Waals surface area contributed by atoms with Gasteiger partial charge < -0.3 is 18.9 Å². The SMILES string of the molecule is CCCCCCCOc1ccc(C(=O)Oc2ccc(C(=O)Oc3ccc(O[C@@H](C)CCCCCC)cc3)cc2)cn1. The fourth-order valence-electron chi connectivity index (χ4n) is 4.20. The van der Waals surface area contributed by atoms with Gasteiger partial charge in [-0.25, -0.2) is 14.6 Å². The second-order valence-electron chi connectivity index (χ2n) is 10.2. The third kappa shape index (κ3) is 11.6. The van der Waals surface area contributed by atoms with E-state index in [2.05, 4.69) is 25.8 Å². The van der Waals surface area contributed by atoms with Crippen LogP contribution in [0.15, 0.2) is 66.9 Å². The number of hydrogen-bond donors (Lipinski definition) is 0. The number of carbonyl (C=O) groups is 2. The van der Waals surface area contributed by atoms with E-state index in [1.54, 1.807) is 60.7 Å². The summed E-state index contributed by atoms with van der Waals surface area (Å²) in [5.41, 5.74) is 0.644. The van der Waals surface area contributed by atoms with Gasteiger partial charge in [-0.05, 0) is 80.8 Å². The molecule has 0 spiro atoms. The number of esters is 2. The number of nitrogens with zero attached hydrogens (tertiary/aromatic N) is 1. The first-order valence-corrected chi connectivity index (χ1v) is 14.9. The van der Waals surface area contributed by atoms with Crippen LogP contribution in [-0.4, -0.2) is 29.6 Å². The Morgan fingerprint density at radius 3 is 1.80 bits per heavy atom. The Hall–Kier alpha value is -3.87. The molecule has 7 nitrogen and oxygen atoms in total. The Morgan fingerprint density at radius 2 is 1.20 bits per heavy atom. The number of aromatic nitrogens is 1. The topological polar surface area (TPSA) is 84.0 Å². The standard InChI is InChI=1S/C34H43NO6/c1-4-6-8-10-12-24-38-32-23-16-28(25-35-32)34(37)41-30-17-14-27(15-18-30)33(36)40-31-21-19-29(20-22-31)39-26(3)13-11-9-7-5-2/h14-23,25-26H,4-13,24H2,1-3H3/t26-/m0/s1. The Labute approximate surface area is 244 Å². The van der Waals surface area contributed by atoms with Gasteiger partial charge in [0.25, 0.3) is 0 Å². The van der Waals surface area contributed by atoms with Crippen LogP contribution in [0, 0.1) is 0 Å². The summed E-state index contributed by atoms with van der Waals surface area (Å²) in [7, 11) is 0. The molecule has 0 N–H and O–H groups in total. The van der Waals surface area contributed by atoms with Crippen molar-refractivity contribution in [1.29, 1.82) is 0 Å². The molecule has 3 aromatic rings. The average molecular weight is 562 g/mol. The Kier molecular flexibility index (Phi) is 13.7. The number of carbonyl (C=O) groups excluding carboxylic acids is 2. The summed E-state index contributed by atoms with van der Waals surface area (Å²) in [6, 6.07) is 16.5. The van der Waals surface area contributed by atoms with Crippen molar-refractivity contribution in [3.05, 3.63) is 78.0 Å². The maximum absolute atomic E-state index is 12.6. The van der Waals surface area contributed by atoms with Crippen LogP contribution < -0.4 is 18.9 Å². The summed E-state index contributed by atoms with van der Waals surface area (Å²) in [4.78, 5) is 29.3. The highest BCUT2D eigenvalue weighted by Gasteiger charge is 2.13. The zero-order valence-corrected chi connectivity index (χ0v) is 24.6. The van der Waals surface area contributed by atoms with Crippen molar-refractivity contribution < 1.29 is 28.5 Å². The molecule has 0 amide bonds. The lowest BCUT2D eigenvalue weighted by molar-refractivity contribution is 0.0730. The largest absolute Gasteiger partial charge is 0.491 e. The van der Waals surface area contributed by atoms with Gasteiger partial charge in [-0.1, -0.05) is 58.8 Å². The van der Waals surface area contributed by atoms with Crippen LogP contribution >= 0.6 is 0 Å². The smallest absolute Gasteiger partial charge is 0.345 e. The lowest BCUT2D eigenvalue weighted by atomic mass is 10.1. The summed E-state index contributed by atoms with van der Waals surface area (Å²) in [5, 5.41) is 0. The number of unbranched alkanes of at least 4 members (excludes halogenated alkanes) is 7. The molecule has 1 atom stereocenters. The van der Waals surface area contributed by atoms with Crippen molar-refractivity contribution in [2.45, 2.75) is 91.1 Å². The van der Waals surface area contributed by atoms with Crippen LogP contribution in [0.3, 0.4) is 0 Å². The summed E-state index contributed by atoms with van der Waals surface area (Å²) < 4.78 is 22.5. The second kappa shape index (κ2) is 17.7. The van der Waals surface area contributed by atoms with Gasteiger partial charge in [-0.3, -0.25) is 0 Å². The molecule has 1 aromatic heterocycles. The van der Waals surface area contributed by atoms with Crippen molar-refractivity contribution in [2.75, 3.05) is 6.61 Å². The number of benzene rings is 2. The molecule has 0 aliphatic rings.